The summed E-state index contributed by atoms with van der Waals surface area (Å²) in [5, 5.41) is 3.92. The van der Waals surface area contributed by atoms with Crippen molar-refractivity contribution >= 4 is 17.4 Å². The average Bonchev–Trinajstić information content (AvgIpc) is 2.27. The first-order chi connectivity index (χ1) is 8.78. The molecule has 1 aliphatic heterocycles. The van der Waals surface area contributed by atoms with Crippen molar-refractivity contribution in [1.82, 2.24) is 9.97 Å². The van der Waals surface area contributed by atoms with Crippen molar-refractivity contribution in [2.24, 2.45) is 0 Å². The van der Waals surface area contributed by atoms with Crippen LogP contribution < -0.4 is 5.32 Å². The second-order valence-electron chi connectivity index (χ2n) is 6.49. The highest BCUT2D eigenvalue weighted by Gasteiger charge is 2.28. The number of aromatic nitrogens is 2. The lowest BCUT2D eigenvalue weighted by molar-refractivity contribution is 0.0539. The van der Waals surface area contributed by atoms with E-state index in [0.717, 1.165) is 31.1 Å². The van der Waals surface area contributed by atoms with Crippen LogP contribution in [0.2, 0.25) is 5.15 Å². The fraction of sp³-hybridized carbons (Fsp3) is 0.714. The molecule has 1 saturated heterocycles. The maximum Gasteiger partial charge on any atom is 0.137 e. The number of halogens is 1. The highest BCUT2D eigenvalue weighted by atomic mass is 35.5. The molecule has 19 heavy (non-hydrogen) atoms. The highest BCUT2D eigenvalue weighted by Crippen LogP contribution is 2.26. The lowest BCUT2D eigenvalue weighted by Crippen LogP contribution is -2.43. The molecule has 1 aromatic heterocycles. The summed E-state index contributed by atoms with van der Waals surface area (Å²) < 4.78 is 5.55. The van der Waals surface area contributed by atoms with E-state index in [1.54, 1.807) is 6.07 Å². The van der Waals surface area contributed by atoms with Crippen molar-refractivity contribution in [3.8, 4) is 0 Å². The fourth-order valence-electron chi connectivity index (χ4n) is 2.16. The van der Waals surface area contributed by atoms with E-state index in [9.17, 15) is 0 Å². The van der Waals surface area contributed by atoms with Crippen molar-refractivity contribution < 1.29 is 4.74 Å². The van der Waals surface area contributed by atoms with Crippen LogP contribution in [0.1, 0.15) is 46.4 Å². The minimum atomic E-state index is -0.120. The number of rotatable bonds is 2. The van der Waals surface area contributed by atoms with Crippen molar-refractivity contribution in [1.29, 1.82) is 0 Å². The van der Waals surface area contributed by atoms with E-state index >= 15 is 0 Å². The lowest BCUT2D eigenvalue weighted by Gasteiger charge is -2.35. The van der Waals surface area contributed by atoms with Gasteiger partial charge in [-0.3, -0.25) is 0 Å². The van der Waals surface area contributed by atoms with Crippen LogP contribution in [0.4, 0.5) is 5.82 Å². The monoisotopic (exact) mass is 283 g/mol. The summed E-state index contributed by atoms with van der Waals surface area (Å²) in [6.07, 6.45) is 2.13. The minimum absolute atomic E-state index is 0.0783. The molecule has 2 heterocycles. The average molecular weight is 284 g/mol. The van der Waals surface area contributed by atoms with Gasteiger partial charge in [-0.25, -0.2) is 9.97 Å². The van der Waals surface area contributed by atoms with Crippen LogP contribution >= 0.6 is 11.6 Å². The molecular weight excluding hydrogens is 262 g/mol. The second-order valence-corrected chi connectivity index (χ2v) is 6.88. The van der Waals surface area contributed by atoms with Gasteiger partial charge in [-0.2, -0.15) is 0 Å². The summed E-state index contributed by atoms with van der Waals surface area (Å²) in [7, 11) is 0. The summed E-state index contributed by atoms with van der Waals surface area (Å²) in [4.78, 5) is 8.89. The van der Waals surface area contributed by atoms with Gasteiger partial charge in [0.25, 0.3) is 0 Å². The largest absolute Gasteiger partial charge is 0.379 e. The third kappa shape index (κ3) is 3.80. The van der Waals surface area contributed by atoms with Crippen molar-refractivity contribution in [2.45, 2.75) is 51.5 Å². The Bertz CT molecular complexity index is 450. The van der Waals surface area contributed by atoms with E-state index in [0.29, 0.717) is 11.8 Å². The molecule has 4 nitrogen and oxygen atoms in total. The molecule has 1 aromatic rings. The summed E-state index contributed by atoms with van der Waals surface area (Å²) in [5.74, 6) is 1.53. The van der Waals surface area contributed by atoms with Gasteiger partial charge in [0, 0.05) is 18.1 Å². The molecule has 1 fully saturated rings. The van der Waals surface area contributed by atoms with E-state index in [4.69, 9.17) is 16.3 Å². The molecule has 106 valence electrons. The maximum atomic E-state index is 6.10. The van der Waals surface area contributed by atoms with Crippen LogP contribution in [-0.4, -0.2) is 28.7 Å². The van der Waals surface area contributed by atoms with Gasteiger partial charge in [-0.15, -0.1) is 0 Å². The van der Waals surface area contributed by atoms with Crippen molar-refractivity contribution in [3.63, 3.8) is 0 Å². The fourth-order valence-corrected chi connectivity index (χ4v) is 2.34. The molecule has 0 aromatic carbocycles. The second kappa shape index (κ2) is 5.25. The molecule has 1 aliphatic rings. The van der Waals surface area contributed by atoms with Gasteiger partial charge in [0.05, 0.1) is 12.1 Å². The molecular formula is C14H22ClN3O. The Morgan fingerprint density at radius 3 is 2.68 bits per heavy atom. The van der Waals surface area contributed by atoms with Gasteiger partial charge in [0.15, 0.2) is 0 Å². The van der Waals surface area contributed by atoms with Gasteiger partial charge in [-0.1, -0.05) is 32.4 Å². The Hall–Kier alpha value is -0.870. The molecule has 5 heteroatoms. The molecule has 1 atom stereocenters. The molecule has 0 saturated carbocycles. The van der Waals surface area contributed by atoms with Crippen molar-refractivity contribution in [2.75, 3.05) is 18.5 Å². The topological polar surface area (TPSA) is 47.0 Å². The zero-order valence-electron chi connectivity index (χ0n) is 12.1. The Balaban J connectivity index is 2.22. The summed E-state index contributed by atoms with van der Waals surface area (Å²) >= 11 is 6.10. The maximum absolute atomic E-state index is 6.10. The number of ether oxygens (including phenoxy) is 1. The third-order valence-electron chi connectivity index (χ3n) is 3.23. The van der Waals surface area contributed by atoms with Gasteiger partial charge in [0.2, 0.25) is 0 Å². The van der Waals surface area contributed by atoms with Crippen LogP contribution in [-0.2, 0) is 10.2 Å². The number of anilines is 1. The van der Waals surface area contributed by atoms with Gasteiger partial charge >= 0.3 is 0 Å². The number of hydrogen-bond donors (Lipinski definition) is 1. The quantitative estimate of drug-likeness (QED) is 0.845. The van der Waals surface area contributed by atoms with Crippen molar-refractivity contribution in [3.05, 3.63) is 17.0 Å². The SMILES string of the molecule is CC1(Nc2cc(Cl)nc(C(C)(C)C)n2)CCCOC1. The van der Waals surface area contributed by atoms with E-state index in [1.807, 2.05) is 0 Å². The summed E-state index contributed by atoms with van der Waals surface area (Å²) in [5.41, 5.74) is -0.198. The standard InChI is InChI=1S/C14H22ClN3O/c1-13(2,3)12-16-10(15)8-11(17-12)18-14(4)6-5-7-19-9-14/h8H,5-7,9H2,1-4H3,(H,16,17,18). The lowest BCUT2D eigenvalue weighted by atomic mass is 9.94. The van der Waals surface area contributed by atoms with E-state index in [2.05, 4.69) is 43.0 Å². The predicted molar refractivity (Wildman–Crippen MR) is 77.8 cm³/mol. The normalized spacial score (nSPS) is 24.3. The smallest absolute Gasteiger partial charge is 0.137 e. The molecule has 2 rings (SSSR count). The predicted octanol–water partition coefficient (Wildman–Crippen LogP) is 3.41. The number of hydrogen-bond acceptors (Lipinski definition) is 4. The summed E-state index contributed by atoms with van der Waals surface area (Å²) in [6.45, 7) is 9.92. The van der Waals surface area contributed by atoms with Crippen LogP contribution in [0, 0.1) is 0 Å². The van der Waals surface area contributed by atoms with Crippen LogP contribution in [0.15, 0.2) is 6.07 Å². The molecule has 0 spiro atoms. The first-order valence-electron chi connectivity index (χ1n) is 6.70. The minimum Gasteiger partial charge on any atom is -0.379 e. The number of nitrogens with one attached hydrogen (secondary N) is 1. The van der Waals surface area contributed by atoms with Gasteiger partial charge in [0.1, 0.15) is 16.8 Å². The zero-order chi connectivity index (χ0) is 14.1. The highest BCUT2D eigenvalue weighted by molar-refractivity contribution is 6.29. The first-order valence-corrected chi connectivity index (χ1v) is 7.07. The van der Waals surface area contributed by atoms with E-state index in [-0.39, 0.29) is 11.0 Å². The Morgan fingerprint density at radius 1 is 1.37 bits per heavy atom. The molecule has 1 unspecified atom stereocenters. The molecule has 0 amide bonds. The first kappa shape index (κ1) is 14.5. The summed E-state index contributed by atoms with van der Waals surface area (Å²) in [6, 6.07) is 1.77. The van der Waals surface area contributed by atoms with E-state index in [1.165, 1.54) is 0 Å². The van der Waals surface area contributed by atoms with Crippen LogP contribution in [0.25, 0.3) is 0 Å². The van der Waals surface area contributed by atoms with Crippen LogP contribution in [0.5, 0.6) is 0 Å². The third-order valence-corrected chi connectivity index (χ3v) is 3.43. The Labute approximate surface area is 119 Å². The van der Waals surface area contributed by atoms with Gasteiger partial charge in [-0.05, 0) is 19.8 Å². The van der Waals surface area contributed by atoms with Crippen LogP contribution in [0.3, 0.4) is 0 Å². The Morgan fingerprint density at radius 2 is 2.11 bits per heavy atom. The molecule has 0 bridgehead atoms. The Kier molecular flexibility index (Phi) is 4.02. The molecule has 1 N–H and O–H groups in total. The molecule has 0 radical (unpaired) electrons. The van der Waals surface area contributed by atoms with E-state index < -0.39 is 0 Å². The zero-order valence-corrected chi connectivity index (χ0v) is 12.8. The number of nitrogens with zero attached hydrogens (tertiary/aromatic N) is 2. The molecule has 0 aliphatic carbocycles. The van der Waals surface area contributed by atoms with Gasteiger partial charge < -0.3 is 10.1 Å².